The van der Waals surface area contributed by atoms with Gasteiger partial charge in [0.1, 0.15) is 0 Å². The highest BCUT2D eigenvalue weighted by Gasteiger charge is 2.17. The molecule has 0 aliphatic rings. The van der Waals surface area contributed by atoms with E-state index in [0.29, 0.717) is 11.1 Å². The number of nitrogens with zero attached hydrogens (tertiary/aromatic N) is 2. The number of nitro benzene ring substituents is 1. The molecule has 0 atom stereocenters. The molecule has 0 saturated carbocycles. The number of nitro groups is 1. The van der Waals surface area contributed by atoms with Gasteiger partial charge in [-0.25, -0.2) is 0 Å². The zero-order valence-corrected chi connectivity index (χ0v) is 12.9. The molecule has 0 fully saturated rings. The van der Waals surface area contributed by atoms with E-state index < -0.39 is 4.92 Å². The van der Waals surface area contributed by atoms with E-state index in [0.717, 1.165) is 4.47 Å². The Morgan fingerprint density at radius 3 is 2.43 bits per heavy atom. The molecule has 2 rings (SSSR count). The molecule has 2 aromatic carbocycles. The van der Waals surface area contributed by atoms with Gasteiger partial charge in [0.2, 0.25) is 0 Å². The van der Waals surface area contributed by atoms with Crippen molar-refractivity contribution in [2.45, 2.75) is 6.54 Å². The van der Waals surface area contributed by atoms with Crippen LogP contribution in [0.25, 0.3) is 0 Å². The van der Waals surface area contributed by atoms with Crippen LogP contribution in [0.1, 0.15) is 15.9 Å². The van der Waals surface area contributed by atoms with E-state index in [-0.39, 0.29) is 18.1 Å². The van der Waals surface area contributed by atoms with Crippen molar-refractivity contribution >= 4 is 27.5 Å². The summed E-state index contributed by atoms with van der Waals surface area (Å²) in [6.07, 6.45) is 0. The summed E-state index contributed by atoms with van der Waals surface area (Å²) in [5, 5.41) is 11.0. The molecule has 21 heavy (non-hydrogen) atoms. The van der Waals surface area contributed by atoms with Gasteiger partial charge in [-0.15, -0.1) is 0 Å². The third kappa shape index (κ3) is 3.66. The summed E-state index contributed by atoms with van der Waals surface area (Å²) in [6, 6.07) is 13.4. The maximum Gasteiger partial charge on any atom is 0.274 e. The van der Waals surface area contributed by atoms with Crippen LogP contribution < -0.4 is 0 Å². The molecule has 0 spiro atoms. The summed E-state index contributed by atoms with van der Waals surface area (Å²) in [7, 11) is 1.63. The van der Waals surface area contributed by atoms with Crippen LogP contribution >= 0.6 is 15.9 Å². The average Bonchev–Trinajstić information content (AvgIpc) is 2.47. The number of amides is 1. The Balaban J connectivity index is 2.18. The van der Waals surface area contributed by atoms with E-state index in [4.69, 9.17) is 0 Å². The predicted octanol–water partition coefficient (Wildman–Crippen LogP) is 3.63. The molecule has 0 saturated heterocycles. The van der Waals surface area contributed by atoms with Gasteiger partial charge in [-0.2, -0.15) is 0 Å². The van der Waals surface area contributed by atoms with E-state index >= 15 is 0 Å². The second kappa shape index (κ2) is 6.49. The SMILES string of the molecule is CN(Cc1ccccc1[N+](=O)[O-])C(=O)c1ccc(Br)cc1. The fraction of sp³-hybridized carbons (Fsp3) is 0.133. The Hall–Kier alpha value is -2.21. The lowest BCUT2D eigenvalue weighted by molar-refractivity contribution is -0.385. The zero-order valence-electron chi connectivity index (χ0n) is 11.3. The van der Waals surface area contributed by atoms with Crippen LogP contribution in [0.4, 0.5) is 5.69 Å². The van der Waals surface area contributed by atoms with Crippen molar-refractivity contribution in [3.8, 4) is 0 Å². The first kappa shape index (κ1) is 15.2. The molecule has 0 N–H and O–H groups in total. The van der Waals surface area contributed by atoms with E-state index in [2.05, 4.69) is 15.9 Å². The number of halogens is 1. The number of carbonyl (C=O) groups excluding carboxylic acids is 1. The molecule has 108 valence electrons. The topological polar surface area (TPSA) is 63.4 Å². The number of para-hydroxylation sites is 1. The van der Waals surface area contributed by atoms with Gasteiger partial charge in [0.15, 0.2) is 0 Å². The standard InChI is InChI=1S/C15H13BrN2O3/c1-17(15(19)11-6-8-13(16)9-7-11)10-12-4-2-3-5-14(12)18(20)21/h2-9H,10H2,1H3. The number of hydrogen-bond donors (Lipinski definition) is 0. The van der Waals surface area contributed by atoms with Crippen LogP contribution in [0, 0.1) is 10.1 Å². The van der Waals surface area contributed by atoms with Gasteiger partial charge in [0.25, 0.3) is 11.6 Å². The van der Waals surface area contributed by atoms with Crippen LogP contribution in [0.3, 0.4) is 0 Å². The van der Waals surface area contributed by atoms with E-state index in [1.807, 2.05) is 0 Å². The molecule has 6 heteroatoms. The number of carbonyl (C=O) groups is 1. The molecular formula is C15H13BrN2O3. The van der Waals surface area contributed by atoms with E-state index in [1.54, 1.807) is 49.5 Å². The highest BCUT2D eigenvalue weighted by molar-refractivity contribution is 9.10. The number of rotatable bonds is 4. The molecule has 0 aliphatic heterocycles. The van der Waals surface area contributed by atoms with Crippen molar-refractivity contribution in [2.75, 3.05) is 7.05 Å². The molecule has 0 aliphatic carbocycles. The summed E-state index contributed by atoms with van der Waals surface area (Å²) in [5.74, 6) is -0.180. The first-order valence-corrected chi connectivity index (χ1v) is 7.01. The van der Waals surface area contributed by atoms with Gasteiger partial charge in [-0.05, 0) is 24.3 Å². The molecular weight excluding hydrogens is 336 g/mol. The Kier molecular flexibility index (Phi) is 4.70. The van der Waals surface area contributed by atoms with Crippen molar-refractivity contribution in [2.24, 2.45) is 0 Å². The maximum absolute atomic E-state index is 12.3. The van der Waals surface area contributed by atoms with E-state index in [9.17, 15) is 14.9 Å². The lowest BCUT2D eigenvalue weighted by Crippen LogP contribution is -2.26. The monoisotopic (exact) mass is 348 g/mol. The third-order valence-corrected chi connectivity index (χ3v) is 3.56. The van der Waals surface area contributed by atoms with Crippen LogP contribution in [0.15, 0.2) is 53.0 Å². The Morgan fingerprint density at radius 1 is 1.19 bits per heavy atom. The minimum atomic E-state index is -0.437. The molecule has 2 aromatic rings. The molecule has 0 heterocycles. The minimum Gasteiger partial charge on any atom is -0.337 e. The molecule has 0 unspecified atom stereocenters. The van der Waals surface area contributed by atoms with Gasteiger partial charge in [0.05, 0.1) is 11.5 Å². The van der Waals surface area contributed by atoms with Gasteiger partial charge < -0.3 is 4.90 Å². The van der Waals surface area contributed by atoms with Crippen molar-refractivity contribution in [3.63, 3.8) is 0 Å². The normalized spacial score (nSPS) is 10.2. The molecule has 5 nitrogen and oxygen atoms in total. The number of benzene rings is 2. The Bertz CT molecular complexity index is 671. The van der Waals surface area contributed by atoms with Gasteiger partial charge in [-0.1, -0.05) is 34.1 Å². The van der Waals surface area contributed by atoms with Crippen LogP contribution in [-0.2, 0) is 6.54 Å². The van der Waals surface area contributed by atoms with E-state index in [1.165, 1.54) is 11.0 Å². The Labute approximate surface area is 130 Å². The highest BCUT2D eigenvalue weighted by atomic mass is 79.9. The van der Waals surface area contributed by atoms with Gasteiger partial charge >= 0.3 is 0 Å². The maximum atomic E-state index is 12.3. The lowest BCUT2D eigenvalue weighted by atomic mass is 10.1. The molecule has 0 bridgehead atoms. The van der Waals surface area contributed by atoms with Gasteiger partial charge in [0, 0.05) is 28.7 Å². The summed E-state index contributed by atoms with van der Waals surface area (Å²) >= 11 is 3.31. The lowest BCUT2D eigenvalue weighted by Gasteiger charge is -2.17. The minimum absolute atomic E-state index is 0.0213. The predicted molar refractivity (Wildman–Crippen MR) is 83.0 cm³/mol. The summed E-state index contributed by atoms with van der Waals surface area (Å²) in [5.41, 5.74) is 1.07. The van der Waals surface area contributed by atoms with Crippen LogP contribution in [-0.4, -0.2) is 22.8 Å². The van der Waals surface area contributed by atoms with Crippen LogP contribution in [0.5, 0.6) is 0 Å². The van der Waals surface area contributed by atoms with Crippen LogP contribution in [0.2, 0.25) is 0 Å². The zero-order chi connectivity index (χ0) is 15.4. The Morgan fingerprint density at radius 2 is 1.81 bits per heavy atom. The van der Waals surface area contributed by atoms with Gasteiger partial charge in [-0.3, -0.25) is 14.9 Å². The first-order chi connectivity index (χ1) is 9.99. The quantitative estimate of drug-likeness (QED) is 0.625. The van der Waals surface area contributed by atoms with Crippen molar-refractivity contribution in [3.05, 3.63) is 74.2 Å². The van der Waals surface area contributed by atoms with Crippen molar-refractivity contribution in [1.82, 2.24) is 4.90 Å². The average molecular weight is 349 g/mol. The molecule has 1 amide bonds. The largest absolute Gasteiger partial charge is 0.337 e. The summed E-state index contributed by atoms with van der Waals surface area (Å²) in [4.78, 5) is 24.3. The number of hydrogen-bond acceptors (Lipinski definition) is 3. The second-order valence-electron chi connectivity index (χ2n) is 4.55. The fourth-order valence-corrected chi connectivity index (χ4v) is 2.23. The third-order valence-electron chi connectivity index (χ3n) is 3.03. The van der Waals surface area contributed by atoms with Crippen molar-refractivity contribution < 1.29 is 9.72 Å². The molecule has 0 radical (unpaired) electrons. The summed E-state index contributed by atoms with van der Waals surface area (Å²) < 4.78 is 0.889. The fourth-order valence-electron chi connectivity index (χ4n) is 1.96. The first-order valence-electron chi connectivity index (χ1n) is 6.22. The summed E-state index contributed by atoms with van der Waals surface area (Å²) in [6.45, 7) is 0.187. The highest BCUT2D eigenvalue weighted by Crippen LogP contribution is 2.20. The molecule has 0 aromatic heterocycles. The second-order valence-corrected chi connectivity index (χ2v) is 5.47. The van der Waals surface area contributed by atoms with Crippen molar-refractivity contribution in [1.29, 1.82) is 0 Å². The smallest absolute Gasteiger partial charge is 0.274 e.